The van der Waals surface area contributed by atoms with Gasteiger partial charge in [-0.2, -0.15) is 0 Å². The van der Waals surface area contributed by atoms with E-state index in [4.69, 9.17) is 28.5 Å². The Bertz CT molecular complexity index is 1850. The number of rotatable bonds is 5. The van der Waals surface area contributed by atoms with Gasteiger partial charge in [-0.1, -0.05) is 102 Å². The van der Waals surface area contributed by atoms with Crippen molar-refractivity contribution in [3.05, 3.63) is 109 Å². The van der Waals surface area contributed by atoms with E-state index in [1.807, 2.05) is 54.7 Å². The maximum atomic E-state index is 10.5. The van der Waals surface area contributed by atoms with Gasteiger partial charge in [-0.05, 0) is 44.8 Å². The summed E-state index contributed by atoms with van der Waals surface area (Å²) < 4.78 is 0. The molecule has 0 aliphatic carbocycles. The van der Waals surface area contributed by atoms with Crippen LogP contribution >= 0.6 is 0 Å². The van der Waals surface area contributed by atoms with Crippen LogP contribution in [0.2, 0.25) is 0 Å². The van der Waals surface area contributed by atoms with Crippen molar-refractivity contribution in [3.8, 4) is 22.6 Å². The molecule has 0 spiro atoms. The maximum Gasteiger partial charge on any atom is 0.180 e. The molecule has 0 saturated heterocycles. The van der Waals surface area contributed by atoms with Crippen molar-refractivity contribution in [1.82, 2.24) is 0 Å². The summed E-state index contributed by atoms with van der Waals surface area (Å²) in [5, 5.41) is 28.2. The summed E-state index contributed by atoms with van der Waals surface area (Å²) in [6, 6.07) is 34.4. The summed E-state index contributed by atoms with van der Waals surface area (Å²) in [7, 11) is 17.8. The Morgan fingerprint density at radius 2 is 1.12 bits per heavy atom. The van der Waals surface area contributed by atoms with Crippen LogP contribution in [0.1, 0.15) is 5.56 Å². The molecule has 0 aromatic heterocycles. The zero-order valence-corrected chi connectivity index (χ0v) is 21.5. The monoisotopic (exact) mass is 510 g/mol. The Morgan fingerprint density at radius 3 is 1.77 bits per heavy atom. The second kappa shape index (κ2) is 10.3. The number of anilines is 2. The van der Waals surface area contributed by atoms with Crippen molar-refractivity contribution in [1.29, 1.82) is 0 Å². The third kappa shape index (κ3) is 4.30. The molecule has 0 bridgehead atoms. The SMILES string of the molecule is [B]c1c([B])c(O)c(O)c(Nc2ccccc2N=Cc2c3ccccc3c(-c3ccccc3)c3ccccc23)c1[B]. The van der Waals surface area contributed by atoms with Gasteiger partial charge >= 0.3 is 0 Å². The standard InChI is InChI=1S/C33H21B3N2O2/c34-28-29(35)31(33(40)32(39)30(28)36)38-26-17-9-8-16-25(26)37-18-24-20-12-4-6-14-22(20)27(19-10-2-1-3-11-19)23-15-7-5-13-21(23)24/h1-18,38-40H. The van der Waals surface area contributed by atoms with E-state index < -0.39 is 11.5 Å². The summed E-state index contributed by atoms with van der Waals surface area (Å²) >= 11 is 0. The quantitative estimate of drug-likeness (QED) is 0.133. The molecule has 6 radical (unpaired) electrons. The molecule has 0 unspecified atom stereocenters. The number of nitrogens with one attached hydrogen (secondary N) is 1. The maximum absolute atomic E-state index is 10.5. The van der Waals surface area contributed by atoms with Crippen molar-refractivity contribution in [2.45, 2.75) is 0 Å². The molecule has 3 N–H and O–H groups in total. The van der Waals surface area contributed by atoms with E-state index in [2.05, 4.69) is 53.8 Å². The molecular weight excluding hydrogens is 489 g/mol. The van der Waals surface area contributed by atoms with Crippen molar-refractivity contribution < 1.29 is 10.2 Å². The van der Waals surface area contributed by atoms with Gasteiger partial charge < -0.3 is 15.5 Å². The lowest BCUT2D eigenvalue weighted by Gasteiger charge is -2.19. The zero-order valence-electron chi connectivity index (χ0n) is 21.5. The number of fused-ring (bicyclic) bond motifs is 2. The van der Waals surface area contributed by atoms with Gasteiger partial charge in [0.05, 0.1) is 17.1 Å². The molecule has 0 saturated carbocycles. The van der Waals surface area contributed by atoms with Crippen molar-refractivity contribution in [3.63, 3.8) is 0 Å². The number of para-hydroxylation sites is 2. The molecule has 0 amide bonds. The Labute approximate surface area is 236 Å². The molecule has 0 aliphatic heterocycles. The van der Waals surface area contributed by atoms with Crippen LogP contribution in [0.15, 0.2) is 108 Å². The number of phenols is 2. The number of hydrogen-bond acceptors (Lipinski definition) is 4. The fraction of sp³-hybridized carbons (Fsp3) is 0. The first-order chi connectivity index (χ1) is 19.5. The van der Waals surface area contributed by atoms with Crippen LogP contribution in [0.25, 0.3) is 32.7 Å². The lowest BCUT2D eigenvalue weighted by atomic mass is 9.71. The van der Waals surface area contributed by atoms with Gasteiger partial charge in [0.1, 0.15) is 23.5 Å². The second-order valence-electron chi connectivity index (χ2n) is 9.46. The van der Waals surface area contributed by atoms with Crippen molar-refractivity contribution >= 4 is 84.7 Å². The molecule has 184 valence electrons. The van der Waals surface area contributed by atoms with Crippen LogP contribution in [0.3, 0.4) is 0 Å². The van der Waals surface area contributed by atoms with E-state index in [0.29, 0.717) is 11.4 Å². The first kappa shape index (κ1) is 25.4. The normalized spacial score (nSPS) is 11.4. The van der Waals surface area contributed by atoms with E-state index in [1.54, 1.807) is 6.07 Å². The molecule has 0 atom stereocenters. The van der Waals surface area contributed by atoms with E-state index in [1.165, 1.54) is 5.56 Å². The molecule has 0 fully saturated rings. The number of hydrogen-bond donors (Lipinski definition) is 3. The fourth-order valence-corrected chi connectivity index (χ4v) is 5.09. The van der Waals surface area contributed by atoms with Crippen LogP contribution in [-0.4, -0.2) is 40.0 Å². The fourth-order valence-electron chi connectivity index (χ4n) is 5.09. The van der Waals surface area contributed by atoms with E-state index in [9.17, 15) is 10.2 Å². The third-order valence-corrected chi connectivity index (χ3v) is 7.10. The Morgan fingerprint density at radius 1 is 0.575 bits per heavy atom. The van der Waals surface area contributed by atoms with Gasteiger partial charge in [0.15, 0.2) is 11.5 Å². The number of aromatic hydroxyl groups is 2. The predicted molar refractivity (Wildman–Crippen MR) is 170 cm³/mol. The van der Waals surface area contributed by atoms with Gasteiger partial charge in [0.2, 0.25) is 0 Å². The molecule has 40 heavy (non-hydrogen) atoms. The van der Waals surface area contributed by atoms with Crippen molar-refractivity contribution in [2.24, 2.45) is 4.99 Å². The number of nitrogens with zero attached hydrogens (tertiary/aromatic N) is 1. The number of benzene rings is 6. The molecular formula is C33H21B3N2O2. The van der Waals surface area contributed by atoms with Crippen LogP contribution in [0.5, 0.6) is 11.5 Å². The van der Waals surface area contributed by atoms with Crippen LogP contribution in [0, 0.1) is 0 Å². The Hall–Kier alpha value is -4.90. The summed E-state index contributed by atoms with van der Waals surface area (Å²) in [4.78, 5) is 4.87. The van der Waals surface area contributed by atoms with Gasteiger partial charge in [0, 0.05) is 11.8 Å². The first-order valence-electron chi connectivity index (χ1n) is 12.7. The average Bonchev–Trinajstić information content (AvgIpc) is 3.00. The van der Waals surface area contributed by atoms with Crippen LogP contribution < -0.4 is 21.7 Å². The minimum absolute atomic E-state index is 0.0183. The molecule has 6 aromatic rings. The Kier molecular flexibility index (Phi) is 6.57. The highest BCUT2D eigenvalue weighted by molar-refractivity contribution is 6.59. The second-order valence-corrected chi connectivity index (χ2v) is 9.46. The summed E-state index contributed by atoms with van der Waals surface area (Å²) in [5.41, 5.74) is 4.34. The minimum Gasteiger partial charge on any atom is -0.505 e. The smallest absolute Gasteiger partial charge is 0.180 e. The predicted octanol–water partition coefficient (Wildman–Crippen LogP) is 4.95. The van der Waals surface area contributed by atoms with Gasteiger partial charge in [0.25, 0.3) is 0 Å². The van der Waals surface area contributed by atoms with Gasteiger partial charge in [-0.3, -0.25) is 4.99 Å². The van der Waals surface area contributed by atoms with E-state index in [0.717, 1.165) is 32.7 Å². The summed E-state index contributed by atoms with van der Waals surface area (Å²) in [5.74, 6) is -1.02. The third-order valence-electron chi connectivity index (χ3n) is 7.10. The molecule has 0 aliphatic rings. The lowest BCUT2D eigenvalue weighted by Crippen LogP contribution is -2.40. The van der Waals surface area contributed by atoms with Gasteiger partial charge in [-0.25, -0.2) is 0 Å². The van der Waals surface area contributed by atoms with Crippen LogP contribution in [0.4, 0.5) is 17.1 Å². The molecule has 4 nitrogen and oxygen atoms in total. The Balaban J connectivity index is 1.51. The van der Waals surface area contributed by atoms with Gasteiger partial charge in [-0.15, -0.1) is 5.46 Å². The molecule has 7 heteroatoms. The van der Waals surface area contributed by atoms with Crippen molar-refractivity contribution in [2.75, 3.05) is 5.32 Å². The van der Waals surface area contributed by atoms with E-state index in [-0.39, 0.29) is 22.1 Å². The highest BCUT2D eigenvalue weighted by Gasteiger charge is 2.17. The minimum atomic E-state index is -0.536. The highest BCUT2D eigenvalue weighted by atomic mass is 16.3. The first-order valence-corrected chi connectivity index (χ1v) is 12.7. The molecule has 0 heterocycles. The molecule has 6 aromatic carbocycles. The largest absolute Gasteiger partial charge is 0.505 e. The number of phenolic OH excluding ortho intramolecular Hbond substituents is 2. The summed E-state index contributed by atoms with van der Waals surface area (Å²) in [6.07, 6.45) is 1.86. The number of aliphatic imine (C=N–C) groups is 1. The summed E-state index contributed by atoms with van der Waals surface area (Å²) in [6.45, 7) is 0. The highest BCUT2D eigenvalue weighted by Crippen LogP contribution is 2.39. The average molecular weight is 510 g/mol. The lowest BCUT2D eigenvalue weighted by molar-refractivity contribution is 0.409. The van der Waals surface area contributed by atoms with Crippen LogP contribution in [-0.2, 0) is 0 Å². The zero-order chi connectivity index (χ0) is 27.8. The topological polar surface area (TPSA) is 64.8 Å². The molecule has 6 rings (SSSR count). The van der Waals surface area contributed by atoms with E-state index >= 15 is 0 Å².